The largest absolute Gasteiger partial charge is 0.417 e. The summed E-state index contributed by atoms with van der Waals surface area (Å²) in [5.41, 5.74) is 6.48. The van der Waals surface area contributed by atoms with Crippen LogP contribution in [-0.4, -0.2) is 0 Å². The quantitative estimate of drug-likeness (QED) is 0.718. The highest BCUT2D eigenvalue weighted by molar-refractivity contribution is 9.10. The Morgan fingerprint density at radius 3 is 2.00 bits per heavy atom. The Kier molecular flexibility index (Phi) is 4.56. The van der Waals surface area contributed by atoms with Gasteiger partial charge in [-0.15, -0.1) is 0 Å². The second-order valence-corrected chi connectivity index (χ2v) is 6.04. The second-order valence-electron chi connectivity index (χ2n) is 4.27. The maximum absolute atomic E-state index is 12.9. The highest BCUT2D eigenvalue weighted by Crippen LogP contribution is 2.36. The first kappa shape index (κ1) is 15.5. The van der Waals surface area contributed by atoms with E-state index in [1.807, 2.05) is 0 Å². The van der Waals surface area contributed by atoms with Crippen molar-refractivity contribution in [2.75, 3.05) is 0 Å². The van der Waals surface area contributed by atoms with Crippen molar-refractivity contribution >= 4 is 31.9 Å². The Labute approximate surface area is 131 Å². The first-order chi connectivity index (χ1) is 9.29. The molecule has 6 heteroatoms. The molecule has 0 saturated carbocycles. The molecule has 0 radical (unpaired) electrons. The van der Waals surface area contributed by atoms with Gasteiger partial charge in [0.15, 0.2) is 0 Å². The molecule has 0 aromatic heterocycles. The molecule has 0 aliphatic rings. The minimum Gasteiger partial charge on any atom is -0.320 e. The lowest BCUT2D eigenvalue weighted by Gasteiger charge is -2.16. The van der Waals surface area contributed by atoms with E-state index in [1.165, 1.54) is 6.07 Å². The van der Waals surface area contributed by atoms with Crippen molar-refractivity contribution in [3.63, 3.8) is 0 Å². The minimum absolute atomic E-state index is 0.0109. The fraction of sp³-hybridized carbons (Fsp3) is 0.143. The summed E-state index contributed by atoms with van der Waals surface area (Å²) in [7, 11) is 0. The average molecular weight is 409 g/mol. The average Bonchev–Trinajstić information content (AvgIpc) is 2.38. The zero-order chi connectivity index (χ0) is 14.9. The summed E-state index contributed by atoms with van der Waals surface area (Å²) in [5, 5.41) is 0. The molecule has 0 spiro atoms. The molecule has 0 aliphatic heterocycles. The van der Waals surface area contributed by atoms with Crippen LogP contribution in [0.1, 0.15) is 22.7 Å². The Hall–Kier alpha value is -0.850. The molecule has 0 bridgehead atoms. The minimum atomic E-state index is -4.41. The summed E-state index contributed by atoms with van der Waals surface area (Å²) >= 11 is 6.22. The normalized spacial score (nSPS) is 13.3. The summed E-state index contributed by atoms with van der Waals surface area (Å²) in [6.07, 6.45) is -4.41. The van der Waals surface area contributed by atoms with Gasteiger partial charge >= 0.3 is 6.18 Å². The fourth-order valence-corrected chi connectivity index (χ4v) is 2.55. The molecule has 0 aliphatic carbocycles. The molecule has 0 heterocycles. The molecule has 2 aromatic rings. The van der Waals surface area contributed by atoms with E-state index < -0.39 is 17.8 Å². The molecule has 0 fully saturated rings. The lowest BCUT2D eigenvalue weighted by molar-refractivity contribution is -0.138. The van der Waals surface area contributed by atoms with Crippen molar-refractivity contribution in [2.45, 2.75) is 12.2 Å². The molecule has 1 atom stereocenters. The Bertz CT molecular complexity index is 609. The number of alkyl halides is 3. The third-order valence-corrected chi connectivity index (χ3v) is 4.10. The number of hydrogen-bond donors (Lipinski definition) is 1. The highest BCUT2D eigenvalue weighted by atomic mass is 79.9. The van der Waals surface area contributed by atoms with E-state index in [0.717, 1.165) is 16.1 Å². The van der Waals surface area contributed by atoms with E-state index in [-0.39, 0.29) is 4.47 Å². The topological polar surface area (TPSA) is 26.0 Å². The lowest BCUT2D eigenvalue weighted by Crippen LogP contribution is -2.14. The number of halogens is 5. The van der Waals surface area contributed by atoms with Crippen LogP contribution in [0.25, 0.3) is 0 Å². The fourth-order valence-electron chi connectivity index (χ4n) is 1.82. The predicted octanol–water partition coefficient (Wildman–Crippen LogP) is 5.28. The van der Waals surface area contributed by atoms with Crippen LogP contribution >= 0.6 is 31.9 Å². The first-order valence-corrected chi connectivity index (χ1v) is 7.25. The van der Waals surface area contributed by atoms with Crippen LogP contribution < -0.4 is 5.73 Å². The van der Waals surface area contributed by atoms with Crippen LogP contribution in [0.2, 0.25) is 0 Å². The summed E-state index contributed by atoms with van der Waals surface area (Å²) < 4.78 is 39.5. The Morgan fingerprint density at radius 2 is 1.45 bits per heavy atom. The van der Waals surface area contributed by atoms with Crippen LogP contribution in [0.5, 0.6) is 0 Å². The van der Waals surface area contributed by atoms with E-state index in [0.29, 0.717) is 5.56 Å². The van der Waals surface area contributed by atoms with E-state index in [4.69, 9.17) is 5.73 Å². The van der Waals surface area contributed by atoms with Crippen molar-refractivity contribution in [2.24, 2.45) is 5.73 Å². The van der Waals surface area contributed by atoms with Gasteiger partial charge in [-0.2, -0.15) is 13.2 Å². The van der Waals surface area contributed by atoms with E-state index in [2.05, 4.69) is 31.9 Å². The van der Waals surface area contributed by atoms with Gasteiger partial charge in [0.2, 0.25) is 0 Å². The monoisotopic (exact) mass is 407 g/mol. The zero-order valence-electron chi connectivity index (χ0n) is 10.1. The van der Waals surface area contributed by atoms with Crippen LogP contribution in [0.15, 0.2) is 51.4 Å². The van der Waals surface area contributed by atoms with Crippen LogP contribution in [0, 0.1) is 0 Å². The van der Waals surface area contributed by atoms with Crippen LogP contribution in [0.4, 0.5) is 13.2 Å². The van der Waals surface area contributed by atoms with Gasteiger partial charge < -0.3 is 5.73 Å². The predicted molar refractivity (Wildman–Crippen MR) is 79.3 cm³/mol. The van der Waals surface area contributed by atoms with Gasteiger partial charge in [0.05, 0.1) is 11.6 Å². The van der Waals surface area contributed by atoms with Crippen LogP contribution in [0.3, 0.4) is 0 Å². The van der Waals surface area contributed by atoms with Crippen molar-refractivity contribution in [3.8, 4) is 0 Å². The smallest absolute Gasteiger partial charge is 0.320 e. The summed E-state index contributed by atoms with van der Waals surface area (Å²) in [6, 6.07) is 10.6. The molecule has 106 valence electrons. The van der Waals surface area contributed by atoms with Gasteiger partial charge in [0.1, 0.15) is 0 Å². The lowest BCUT2D eigenvalue weighted by atomic mass is 9.98. The highest BCUT2D eigenvalue weighted by Gasteiger charge is 2.33. The maximum atomic E-state index is 12.9. The number of hydrogen-bond acceptors (Lipinski definition) is 1. The van der Waals surface area contributed by atoms with Crippen molar-refractivity contribution in [3.05, 3.63) is 68.1 Å². The van der Waals surface area contributed by atoms with Gasteiger partial charge in [0.25, 0.3) is 0 Å². The van der Waals surface area contributed by atoms with Crippen molar-refractivity contribution in [1.82, 2.24) is 0 Å². The Morgan fingerprint density at radius 1 is 0.900 bits per heavy atom. The molecule has 0 amide bonds. The molecule has 2 aromatic carbocycles. The van der Waals surface area contributed by atoms with Crippen molar-refractivity contribution in [1.29, 1.82) is 0 Å². The molecule has 1 unspecified atom stereocenters. The van der Waals surface area contributed by atoms with Crippen LogP contribution in [-0.2, 0) is 6.18 Å². The third kappa shape index (κ3) is 3.42. The molecule has 0 saturated heterocycles. The molecule has 2 rings (SSSR count). The summed E-state index contributed by atoms with van der Waals surface area (Å²) in [6.45, 7) is 0. The number of nitrogens with two attached hydrogens (primary N) is 1. The second kappa shape index (κ2) is 5.87. The standard InChI is InChI=1S/C14H10Br2F3N/c15-10-4-1-8(2-5-10)13(20)9-3-6-12(16)11(7-9)14(17,18)19/h1-7,13H,20H2. The molecule has 2 N–H and O–H groups in total. The van der Waals surface area contributed by atoms with Gasteiger partial charge in [-0.05, 0) is 35.4 Å². The molecular formula is C14H10Br2F3N. The van der Waals surface area contributed by atoms with Gasteiger partial charge in [0, 0.05) is 8.95 Å². The van der Waals surface area contributed by atoms with E-state index in [1.54, 1.807) is 30.3 Å². The number of benzene rings is 2. The summed E-state index contributed by atoms with van der Waals surface area (Å²) in [4.78, 5) is 0. The van der Waals surface area contributed by atoms with Crippen molar-refractivity contribution < 1.29 is 13.2 Å². The van der Waals surface area contributed by atoms with Gasteiger partial charge in [-0.25, -0.2) is 0 Å². The third-order valence-electron chi connectivity index (χ3n) is 2.88. The van der Waals surface area contributed by atoms with E-state index in [9.17, 15) is 13.2 Å². The molecule has 1 nitrogen and oxygen atoms in total. The van der Waals surface area contributed by atoms with Gasteiger partial charge in [-0.1, -0.05) is 50.1 Å². The molecular weight excluding hydrogens is 399 g/mol. The zero-order valence-corrected chi connectivity index (χ0v) is 13.3. The molecule has 20 heavy (non-hydrogen) atoms. The first-order valence-electron chi connectivity index (χ1n) is 5.66. The van der Waals surface area contributed by atoms with Gasteiger partial charge in [-0.3, -0.25) is 0 Å². The Balaban J connectivity index is 2.40. The number of rotatable bonds is 2. The summed E-state index contributed by atoms with van der Waals surface area (Å²) in [5.74, 6) is 0. The SMILES string of the molecule is NC(c1ccc(Br)cc1)c1ccc(Br)c(C(F)(F)F)c1. The van der Waals surface area contributed by atoms with E-state index >= 15 is 0 Å². The maximum Gasteiger partial charge on any atom is 0.417 e.